The van der Waals surface area contributed by atoms with Gasteiger partial charge in [0.05, 0.1) is 25.4 Å². The van der Waals surface area contributed by atoms with Gasteiger partial charge in [0.2, 0.25) is 5.91 Å². The van der Waals surface area contributed by atoms with E-state index in [1.165, 1.54) is 257 Å². The standard InChI is InChI=1S/C60H117NO5/c1-3-5-7-9-11-13-15-16-17-18-19-20-23-26-29-33-36-40-44-48-52-58(63)57(56-62)61-59(64)53-49-45-41-37-34-30-27-24-21-22-25-28-31-35-39-43-47-51-55-66-60(65)54-50-46-42-38-32-14-12-10-8-6-4-2/h10,12,57-58,62-63H,3-9,11,13-56H2,1-2H3,(H,61,64)/b12-10-. The Bertz CT molecular complexity index is 986. The molecule has 0 heterocycles. The highest BCUT2D eigenvalue weighted by atomic mass is 16.5. The fourth-order valence-corrected chi connectivity index (χ4v) is 9.45. The van der Waals surface area contributed by atoms with Gasteiger partial charge in [0, 0.05) is 12.8 Å². The normalized spacial score (nSPS) is 12.6. The monoisotopic (exact) mass is 932 g/mol. The first-order valence-corrected chi connectivity index (χ1v) is 29.9. The Hall–Kier alpha value is -1.40. The Kier molecular flexibility index (Phi) is 55.0. The molecule has 0 aliphatic carbocycles. The van der Waals surface area contributed by atoms with Crippen LogP contribution in [0.25, 0.3) is 0 Å². The largest absolute Gasteiger partial charge is 0.466 e. The highest BCUT2D eigenvalue weighted by molar-refractivity contribution is 5.76. The van der Waals surface area contributed by atoms with E-state index in [0.29, 0.717) is 25.9 Å². The average molecular weight is 933 g/mol. The molecule has 6 nitrogen and oxygen atoms in total. The minimum absolute atomic E-state index is 0.00299. The molecule has 0 bridgehead atoms. The summed E-state index contributed by atoms with van der Waals surface area (Å²) in [6.45, 7) is 4.93. The van der Waals surface area contributed by atoms with Crippen LogP contribution in [0.2, 0.25) is 0 Å². The van der Waals surface area contributed by atoms with Gasteiger partial charge >= 0.3 is 5.97 Å². The van der Waals surface area contributed by atoms with E-state index >= 15 is 0 Å². The van der Waals surface area contributed by atoms with Crippen molar-refractivity contribution in [3.63, 3.8) is 0 Å². The summed E-state index contributed by atoms with van der Waals surface area (Å²) in [5.41, 5.74) is 0. The van der Waals surface area contributed by atoms with Crippen molar-refractivity contribution in [1.29, 1.82) is 0 Å². The van der Waals surface area contributed by atoms with E-state index in [-0.39, 0.29) is 18.5 Å². The number of aliphatic hydroxyl groups is 2. The van der Waals surface area contributed by atoms with Crippen molar-refractivity contribution in [2.45, 2.75) is 347 Å². The SMILES string of the molecule is CCCC/C=C\CCCCCCCC(=O)OCCCCCCCCCCCCCCCCCCCCC(=O)NC(CO)C(O)CCCCCCCCCCCCCCCCCCCCCC. The molecule has 0 aliphatic rings. The zero-order valence-corrected chi connectivity index (χ0v) is 44.7. The van der Waals surface area contributed by atoms with E-state index in [9.17, 15) is 19.8 Å². The molecule has 392 valence electrons. The highest BCUT2D eigenvalue weighted by Gasteiger charge is 2.20. The maximum absolute atomic E-state index is 12.5. The van der Waals surface area contributed by atoms with Crippen LogP contribution in [0.1, 0.15) is 335 Å². The van der Waals surface area contributed by atoms with Crippen LogP contribution < -0.4 is 5.32 Å². The molecule has 0 spiro atoms. The van der Waals surface area contributed by atoms with E-state index < -0.39 is 12.1 Å². The first-order chi connectivity index (χ1) is 32.5. The first-order valence-electron chi connectivity index (χ1n) is 29.9. The fraction of sp³-hybridized carbons (Fsp3) is 0.933. The molecule has 0 aromatic rings. The molecule has 0 saturated heterocycles. The Morgan fingerprint density at radius 1 is 0.409 bits per heavy atom. The molecule has 66 heavy (non-hydrogen) atoms. The van der Waals surface area contributed by atoms with Crippen LogP contribution in [-0.2, 0) is 14.3 Å². The van der Waals surface area contributed by atoms with Gasteiger partial charge in [-0.25, -0.2) is 0 Å². The number of carbonyl (C=O) groups excluding carboxylic acids is 2. The summed E-state index contributed by atoms with van der Waals surface area (Å²) in [6.07, 6.45) is 66.4. The number of rotatable bonds is 56. The topological polar surface area (TPSA) is 95.9 Å². The number of hydrogen-bond acceptors (Lipinski definition) is 5. The molecule has 0 radical (unpaired) electrons. The lowest BCUT2D eigenvalue weighted by atomic mass is 10.0. The van der Waals surface area contributed by atoms with Gasteiger partial charge in [0.15, 0.2) is 0 Å². The molecule has 2 unspecified atom stereocenters. The second-order valence-electron chi connectivity index (χ2n) is 20.7. The second-order valence-corrected chi connectivity index (χ2v) is 20.7. The molecule has 0 fully saturated rings. The summed E-state index contributed by atoms with van der Waals surface area (Å²) in [5, 5.41) is 23.3. The van der Waals surface area contributed by atoms with E-state index in [4.69, 9.17) is 4.74 Å². The average Bonchev–Trinajstić information content (AvgIpc) is 3.32. The number of esters is 1. The quantitative estimate of drug-likeness (QED) is 0.0321. The third-order valence-electron chi connectivity index (χ3n) is 14.1. The van der Waals surface area contributed by atoms with Crippen molar-refractivity contribution in [2.24, 2.45) is 0 Å². The van der Waals surface area contributed by atoms with Gasteiger partial charge in [-0.3, -0.25) is 9.59 Å². The molecular formula is C60H117NO5. The predicted octanol–water partition coefficient (Wildman–Crippen LogP) is 18.5. The molecule has 3 N–H and O–H groups in total. The van der Waals surface area contributed by atoms with E-state index in [1.807, 2.05) is 0 Å². The number of unbranched alkanes of at least 4 members (excludes halogenated alkanes) is 43. The van der Waals surface area contributed by atoms with Crippen LogP contribution in [0, 0.1) is 0 Å². The van der Waals surface area contributed by atoms with Gasteiger partial charge < -0.3 is 20.3 Å². The van der Waals surface area contributed by atoms with Gasteiger partial charge in [-0.15, -0.1) is 0 Å². The minimum Gasteiger partial charge on any atom is -0.466 e. The lowest BCUT2D eigenvalue weighted by Gasteiger charge is -2.22. The van der Waals surface area contributed by atoms with E-state index in [0.717, 1.165) is 44.9 Å². The molecule has 0 saturated carbocycles. The molecule has 0 rings (SSSR count). The van der Waals surface area contributed by atoms with Crippen molar-refractivity contribution >= 4 is 11.9 Å². The Labute approximate surface area is 412 Å². The summed E-state index contributed by atoms with van der Waals surface area (Å²) >= 11 is 0. The van der Waals surface area contributed by atoms with Crippen LogP contribution in [0.15, 0.2) is 12.2 Å². The Balaban J connectivity index is 3.41. The molecular weight excluding hydrogens is 815 g/mol. The van der Waals surface area contributed by atoms with Gasteiger partial charge in [-0.05, 0) is 44.9 Å². The molecule has 1 amide bonds. The Morgan fingerprint density at radius 2 is 0.727 bits per heavy atom. The summed E-state index contributed by atoms with van der Waals surface area (Å²) in [4.78, 5) is 24.5. The highest BCUT2D eigenvalue weighted by Crippen LogP contribution is 2.18. The number of ether oxygens (including phenoxy) is 1. The van der Waals surface area contributed by atoms with Gasteiger partial charge in [0.25, 0.3) is 0 Å². The summed E-state index contributed by atoms with van der Waals surface area (Å²) < 4.78 is 5.45. The summed E-state index contributed by atoms with van der Waals surface area (Å²) in [5.74, 6) is -0.0387. The zero-order chi connectivity index (χ0) is 47.9. The number of aliphatic hydroxyl groups excluding tert-OH is 2. The lowest BCUT2D eigenvalue weighted by molar-refractivity contribution is -0.143. The molecule has 0 aromatic carbocycles. The number of carbonyl (C=O) groups is 2. The van der Waals surface area contributed by atoms with Crippen molar-refractivity contribution in [2.75, 3.05) is 13.2 Å². The molecule has 0 aliphatic heterocycles. The maximum atomic E-state index is 12.5. The number of amides is 1. The molecule has 2 atom stereocenters. The van der Waals surface area contributed by atoms with Crippen LogP contribution in [0.3, 0.4) is 0 Å². The summed E-state index contributed by atoms with van der Waals surface area (Å²) in [7, 11) is 0. The second kappa shape index (κ2) is 56.2. The number of hydrogen-bond donors (Lipinski definition) is 3. The molecule has 0 aromatic heterocycles. The van der Waals surface area contributed by atoms with Crippen LogP contribution in [-0.4, -0.2) is 47.4 Å². The van der Waals surface area contributed by atoms with E-state index in [1.54, 1.807) is 0 Å². The van der Waals surface area contributed by atoms with Gasteiger partial charge in [0.1, 0.15) is 0 Å². The van der Waals surface area contributed by atoms with Crippen molar-refractivity contribution in [3.05, 3.63) is 12.2 Å². The maximum Gasteiger partial charge on any atom is 0.305 e. The van der Waals surface area contributed by atoms with Gasteiger partial charge in [-0.2, -0.15) is 0 Å². The fourth-order valence-electron chi connectivity index (χ4n) is 9.45. The molecule has 6 heteroatoms. The Morgan fingerprint density at radius 3 is 1.12 bits per heavy atom. The summed E-state index contributed by atoms with van der Waals surface area (Å²) in [6, 6.07) is -0.544. The smallest absolute Gasteiger partial charge is 0.305 e. The predicted molar refractivity (Wildman–Crippen MR) is 287 cm³/mol. The van der Waals surface area contributed by atoms with Crippen LogP contribution >= 0.6 is 0 Å². The zero-order valence-electron chi connectivity index (χ0n) is 44.7. The number of nitrogens with one attached hydrogen (secondary N) is 1. The third kappa shape index (κ3) is 52.0. The van der Waals surface area contributed by atoms with Crippen LogP contribution in [0.4, 0.5) is 0 Å². The van der Waals surface area contributed by atoms with E-state index in [2.05, 4.69) is 31.3 Å². The van der Waals surface area contributed by atoms with Gasteiger partial charge in [-0.1, -0.05) is 289 Å². The lowest BCUT2D eigenvalue weighted by Crippen LogP contribution is -2.45. The minimum atomic E-state index is -0.667. The van der Waals surface area contributed by atoms with Crippen molar-refractivity contribution in [1.82, 2.24) is 5.32 Å². The van der Waals surface area contributed by atoms with Crippen molar-refractivity contribution < 1.29 is 24.5 Å². The number of allylic oxidation sites excluding steroid dienone is 2. The van der Waals surface area contributed by atoms with Crippen molar-refractivity contribution in [3.8, 4) is 0 Å². The third-order valence-corrected chi connectivity index (χ3v) is 14.1. The van der Waals surface area contributed by atoms with Crippen LogP contribution in [0.5, 0.6) is 0 Å². The first kappa shape index (κ1) is 64.6.